The Morgan fingerprint density at radius 2 is 2.00 bits per heavy atom. The van der Waals surface area contributed by atoms with Gasteiger partial charge in [0.15, 0.2) is 5.78 Å². The van der Waals surface area contributed by atoms with Crippen LogP contribution in [0.5, 0.6) is 0 Å². The molecule has 1 atom stereocenters. The van der Waals surface area contributed by atoms with E-state index in [-0.39, 0.29) is 30.8 Å². The SMILES string of the molecule is CC(C)C(=O)NC1CCN(C(=O)OCc2ccccc2)CC1=O. The molecule has 1 aliphatic heterocycles. The molecule has 0 aliphatic carbocycles. The molecule has 23 heavy (non-hydrogen) atoms. The minimum absolute atomic E-state index is 0.0311. The molecular weight excluding hydrogens is 296 g/mol. The van der Waals surface area contributed by atoms with Crippen molar-refractivity contribution >= 4 is 17.8 Å². The van der Waals surface area contributed by atoms with Crippen molar-refractivity contribution in [2.45, 2.75) is 32.9 Å². The third-order valence-corrected chi connectivity index (χ3v) is 3.73. The molecule has 6 nitrogen and oxygen atoms in total. The lowest BCUT2D eigenvalue weighted by atomic mass is 10.0. The molecule has 6 heteroatoms. The van der Waals surface area contributed by atoms with E-state index in [0.29, 0.717) is 13.0 Å². The topological polar surface area (TPSA) is 75.7 Å². The number of carbonyl (C=O) groups is 3. The summed E-state index contributed by atoms with van der Waals surface area (Å²) in [4.78, 5) is 37.1. The normalized spacial score (nSPS) is 18.0. The molecule has 1 aromatic rings. The second-order valence-electron chi connectivity index (χ2n) is 5.93. The molecule has 0 saturated carbocycles. The standard InChI is InChI=1S/C17H22N2O4/c1-12(2)16(21)18-14-8-9-19(10-15(14)20)17(22)23-11-13-6-4-3-5-7-13/h3-7,12,14H,8-11H2,1-2H3,(H,18,21). The van der Waals surface area contributed by atoms with Crippen molar-refractivity contribution in [2.75, 3.05) is 13.1 Å². The van der Waals surface area contributed by atoms with E-state index < -0.39 is 12.1 Å². The lowest BCUT2D eigenvalue weighted by Crippen LogP contribution is -2.53. The zero-order valence-electron chi connectivity index (χ0n) is 13.5. The maximum absolute atomic E-state index is 12.1. The Balaban J connectivity index is 1.81. The third kappa shape index (κ3) is 4.81. The first-order chi connectivity index (χ1) is 11.0. The van der Waals surface area contributed by atoms with Crippen molar-refractivity contribution in [1.82, 2.24) is 10.2 Å². The molecule has 1 aromatic carbocycles. The van der Waals surface area contributed by atoms with Crippen molar-refractivity contribution in [3.05, 3.63) is 35.9 Å². The molecule has 1 saturated heterocycles. The molecule has 0 bridgehead atoms. The second kappa shape index (κ2) is 7.76. The molecular formula is C17H22N2O4. The highest BCUT2D eigenvalue weighted by Gasteiger charge is 2.31. The Morgan fingerprint density at radius 3 is 2.61 bits per heavy atom. The average molecular weight is 318 g/mol. The van der Waals surface area contributed by atoms with Crippen molar-refractivity contribution in [2.24, 2.45) is 5.92 Å². The van der Waals surface area contributed by atoms with Gasteiger partial charge in [-0.1, -0.05) is 44.2 Å². The Morgan fingerprint density at radius 1 is 1.30 bits per heavy atom. The summed E-state index contributed by atoms with van der Waals surface area (Å²) in [5.74, 6) is -0.484. The van der Waals surface area contributed by atoms with E-state index in [1.807, 2.05) is 30.3 Å². The highest BCUT2D eigenvalue weighted by atomic mass is 16.6. The quantitative estimate of drug-likeness (QED) is 0.917. The fourth-order valence-corrected chi connectivity index (χ4v) is 2.28. The molecule has 124 valence electrons. The zero-order chi connectivity index (χ0) is 16.8. The molecule has 1 fully saturated rings. The summed E-state index contributed by atoms with van der Waals surface area (Å²) >= 11 is 0. The van der Waals surface area contributed by atoms with Crippen LogP contribution in [0.25, 0.3) is 0 Å². The van der Waals surface area contributed by atoms with Crippen molar-refractivity contribution in [1.29, 1.82) is 0 Å². The second-order valence-corrected chi connectivity index (χ2v) is 5.93. The van der Waals surface area contributed by atoms with Gasteiger partial charge in [-0.2, -0.15) is 0 Å². The number of benzene rings is 1. The number of ketones is 1. The summed E-state index contributed by atoms with van der Waals surface area (Å²) in [5.41, 5.74) is 0.895. The van der Waals surface area contributed by atoms with Crippen LogP contribution in [0, 0.1) is 5.92 Å². The number of hydrogen-bond donors (Lipinski definition) is 1. The summed E-state index contributed by atoms with van der Waals surface area (Å²) in [6.07, 6.45) is -0.0894. The van der Waals surface area contributed by atoms with Gasteiger partial charge in [0.2, 0.25) is 5.91 Å². The monoisotopic (exact) mass is 318 g/mol. The predicted molar refractivity (Wildman–Crippen MR) is 84.6 cm³/mol. The molecule has 2 amide bonds. The maximum atomic E-state index is 12.1. The van der Waals surface area contributed by atoms with Crippen LogP contribution in [0.4, 0.5) is 4.79 Å². The maximum Gasteiger partial charge on any atom is 0.410 e. The van der Waals surface area contributed by atoms with E-state index in [9.17, 15) is 14.4 Å². The molecule has 2 rings (SSSR count). The number of nitrogens with one attached hydrogen (secondary N) is 1. The van der Waals surface area contributed by atoms with Crippen LogP contribution in [-0.2, 0) is 20.9 Å². The van der Waals surface area contributed by atoms with Gasteiger partial charge in [-0.15, -0.1) is 0 Å². The number of nitrogens with zero attached hydrogens (tertiary/aromatic N) is 1. The van der Waals surface area contributed by atoms with Crippen LogP contribution in [0.1, 0.15) is 25.8 Å². The first-order valence-electron chi connectivity index (χ1n) is 7.76. The lowest BCUT2D eigenvalue weighted by Gasteiger charge is -2.30. The zero-order valence-corrected chi connectivity index (χ0v) is 13.5. The minimum Gasteiger partial charge on any atom is -0.445 e. The van der Waals surface area contributed by atoms with E-state index in [2.05, 4.69) is 5.32 Å². The molecule has 1 aliphatic rings. The number of amides is 2. The number of hydrogen-bond acceptors (Lipinski definition) is 4. The van der Waals surface area contributed by atoms with Gasteiger partial charge in [-0.3, -0.25) is 9.59 Å². The number of carbonyl (C=O) groups excluding carboxylic acids is 3. The van der Waals surface area contributed by atoms with Crippen LogP contribution in [0.2, 0.25) is 0 Å². The van der Waals surface area contributed by atoms with Crippen molar-refractivity contribution in [3.63, 3.8) is 0 Å². The van der Waals surface area contributed by atoms with Gasteiger partial charge >= 0.3 is 6.09 Å². The van der Waals surface area contributed by atoms with Gasteiger partial charge in [0.25, 0.3) is 0 Å². The first-order valence-corrected chi connectivity index (χ1v) is 7.76. The summed E-state index contributed by atoms with van der Waals surface area (Å²) in [5, 5.41) is 2.72. The summed E-state index contributed by atoms with van der Waals surface area (Å²) < 4.78 is 5.22. The van der Waals surface area contributed by atoms with Gasteiger partial charge in [0.05, 0.1) is 12.6 Å². The van der Waals surface area contributed by atoms with Crippen molar-refractivity contribution < 1.29 is 19.1 Å². The summed E-state index contributed by atoms with van der Waals surface area (Å²) in [7, 11) is 0. The Bertz CT molecular complexity index is 571. The fourth-order valence-electron chi connectivity index (χ4n) is 2.28. The van der Waals surface area contributed by atoms with Crippen LogP contribution in [0.15, 0.2) is 30.3 Å². The van der Waals surface area contributed by atoms with Gasteiger partial charge in [-0.05, 0) is 12.0 Å². The average Bonchev–Trinajstić information content (AvgIpc) is 2.55. The fraction of sp³-hybridized carbons (Fsp3) is 0.471. The molecule has 0 radical (unpaired) electrons. The van der Waals surface area contributed by atoms with Crippen LogP contribution < -0.4 is 5.32 Å². The molecule has 1 heterocycles. The van der Waals surface area contributed by atoms with Crippen LogP contribution in [-0.4, -0.2) is 41.8 Å². The number of ether oxygens (including phenoxy) is 1. The molecule has 1 unspecified atom stereocenters. The van der Waals surface area contributed by atoms with Gasteiger partial charge in [0, 0.05) is 12.5 Å². The van der Waals surface area contributed by atoms with E-state index >= 15 is 0 Å². The molecule has 1 N–H and O–H groups in total. The highest BCUT2D eigenvalue weighted by molar-refractivity contribution is 5.93. The molecule has 0 spiro atoms. The number of likely N-dealkylation sites (tertiary alicyclic amines) is 1. The Labute approximate surface area is 135 Å². The summed E-state index contributed by atoms with van der Waals surface area (Å²) in [6.45, 7) is 4.09. The van der Waals surface area contributed by atoms with E-state index in [1.165, 1.54) is 4.90 Å². The van der Waals surface area contributed by atoms with Gasteiger partial charge in [0.1, 0.15) is 6.61 Å². The third-order valence-electron chi connectivity index (χ3n) is 3.73. The van der Waals surface area contributed by atoms with Crippen LogP contribution in [0.3, 0.4) is 0 Å². The van der Waals surface area contributed by atoms with E-state index in [0.717, 1.165) is 5.56 Å². The highest BCUT2D eigenvalue weighted by Crippen LogP contribution is 2.11. The number of Topliss-reactive ketones (excluding diaryl/α,β-unsaturated/α-hetero) is 1. The lowest BCUT2D eigenvalue weighted by molar-refractivity contribution is -0.131. The van der Waals surface area contributed by atoms with Gasteiger partial charge in [-0.25, -0.2) is 4.79 Å². The largest absolute Gasteiger partial charge is 0.445 e. The first kappa shape index (κ1) is 17.0. The summed E-state index contributed by atoms with van der Waals surface area (Å²) in [6, 6.07) is 8.85. The van der Waals surface area contributed by atoms with Gasteiger partial charge < -0.3 is 15.0 Å². The van der Waals surface area contributed by atoms with Crippen LogP contribution >= 0.6 is 0 Å². The smallest absolute Gasteiger partial charge is 0.410 e. The van der Waals surface area contributed by atoms with E-state index in [1.54, 1.807) is 13.8 Å². The Kier molecular flexibility index (Phi) is 5.73. The minimum atomic E-state index is -0.511. The number of piperidine rings is 1. The molecule has 0 aromatic heterocycles. The van der Waals surface area contributed by atoms with E-state index in [4.69, 9.17) is 4.74 Å². The Hall–Kier alpha value is -2.37. The number of rotatable bonds is 4. The van der Waals surface area contributed by atoms with Crippen molar-refractivity contribution in [3.8, 4) is 0 Å². The predicted octanol–water partition coefficient (Wildman–Crippen LogP) is 1.74.